The number of amides is 2. The molecule has 4 N–H and O–H groups in total. The van der Waals surface area contributed by atoms with Gasteiger partial charge in [-0.25, -0.2) is 0 Å². The van der Waals surface area contributed by atoms with Gasteiger partial charge in [0.25, 0.3) is 0 Å². The van der Waals surface area contributed by atoms with Crippen LogP contribution in [0.25, 0.3) is 0 Å². The van der Waals surface area contributed by atoms with Crippen molar-refractivity contribution in [3.63, 3.8) is 0 Å². The van der Waals surface area contributed by atoms with Crippen molar-refractivity contribution >= 4 is 17.5 Å². The van der Waals surface area contributed by atoms with Crippen LogP contribution in [0.2, 0.25) is 0 Å². The fourth-order valence-corrected chi connectivity index (χ4v) is 1.66. The van der Waals surface area contributed by atoms with E-state index in [1.165, 1.54) is 0 Å². The van der Waals surface area contributed by atoms with E-state index >= 15 is 0 Å². The molecular weight excluding hydrogens is 266 g/mol. The minimum atomic E-state index is -0.506. The van der Waals surface area contributed by atoms with E-state index in [1.807, 2.05) is 52.0 Å². The Morgan fingerprint density at radius 2 is 1.81 bits per heavy atom. The van der Waals surface area contributed by atoms with Crippen LogP contribution < -0.4 is 16.4 Å². The normalized spacial score (nSPS) is 12.3. The second kappa shape index (κ2) is 7.78. The van der Waals surface area contributed by atoms with E-state index in [-0.39, 0.29) is 23.7 Å². The maximum absolute atomic E-state index is 11.8. The summed E-state index contributed by atoms with van der Waals surface area (Å²) in [7, 11) is 0. The van der Waals surface area contributed by atoms with E-state index in [2.05, 4.69) is 10.6 Å². The molecule has 0 radical (unpaired) electrons. The number of carbonyl (C=O) groups is 2. The summed E-state index contributed by atoms with van der Waals surface area (Å²) in [6, 6.07) is 6.91. The molecule has 0 bridgehead atoms. The van der Waals surface area contributed by atoms with Gasteiger partial charge in [-0.15, -0.1) is 0 Å². The molecule has 5 heteroatoms. The minimum Gasteiger partial charge on any atom is -0.351 e. The molecule has 0 spiro atoms. The number of carbonyl (C=O) groups excluding carboxylic acids is 2. The quantitative estimate of drug-likeness (QED) is 0.748. The van der Waals surface area contributed by atoms with Crippen LogP contribution in [0.4, 0.5) is 5.69 Å². The Hall–Kier alpha value is -1.88. The molecule has 2 amide bonds. The zero-order valence-electron chi connectivity index (χ0n) is 13.1. The van der Waals surface area contributed by atoms with Crippen LogP contribution in [0, 0.1) is 11.8 Å². The maximum atomic E-state index is 11.8. The summed E-state index contributed by atoms with van der Waals surface area (Å²) >= 11 is 0. The largest absolute Gasteiger partial charge is 0.351 e. The lowest BCUT2D eigenvalue weighted by Crippen LogP contribution is -2.43. The van der Waals surface area contributed by atoms with E-state index < -0.39 is 6.04 Å². The van der Waals surface area contributed by atoms with Gasteiger partial charge in [-0.05, 0) is 23.6 Å². The third-order valence-corrected chi connectivity index (χ3v) is 3.21. The molecule has 0 aliphatic heterocycles. The van der Waals surface area contributed by atoms with E-state index in [0.29, 0.717) is 6.54 Å². The van der Waals surface area contributed by atoms with E-state index in [9.17, 15) is 9.59 Å². The van der Waals surface area contributed by atoms with Crippen LogP contribution in [0.15, 0.2) is 24.3 Å². The molecule has 0 aliphatic carbocycles. The Labute approximate surface area is 126 Å². The SMILES string of the molecule is CC(C)C(=O)Nc1cccc(CNC(=O)C(N)C(C)C)c1. The first-order valence-corrected chi connectivity index (χ1v) is 7.24. The van der Waals surface area contributed by atoms with Gasteiger partial charge in [-0.1, -0.05) is 39.8 Å². The van der Waals surface area contributed by atoms with Gasteiger partial charge in [0.1, 0.15) is 0 Å². The molecule has 1 aromatic rings. The Balaban J connectivity index is 2.61. The van der Waals surface area contributed by atoms with Crippen LogP contribution >= 0.6 is 0 Å². The van der Waals surface area contributed by atoms with Crippen molar-refractivity contribution in [2.24, 2.45) is 17.6 Å². The van der Waals surface area contributed by atoms with Gasteiger partial charge in [-0.2, -0.15) is 0 Å². The zero-order valence-corrected chi connectivity index (χ0v) is 13.1. The summed E-state index contributed by atoms with van der Waals surface area (Å²) in [4.78, 5) is 23.5. The third kappa shape index (κ3) is 5.55. The Morgan fingerprint density at radius 1 is 1.14 bits per heavy atom. The Kier molecular flexibility index (Phi) is 6.37. The van der Waals surface area contributed by atoms with Gasteiger partial charge >= 0.3 is 0 Å². The molecule has 0 heterocycles. The number of benzene rings is 1. The lowest BCUT2D eigenvalue weighted by atomic mass is 10.0. The fraction of sp³-hybridized carbons (Fsp3) is 0.500. The topological polar surface area (TPSA) is 84.2 Å². The summed E-state index contributed by atoms with van der Waals surface area (Å²) in [6.07, 6.45) is 0. The molecule has 0 saturated heterocycles. The van der Waals surface area contributed by atoms with Crippen LogP contribution in [-0.4, -0.2) is 17.9 Å². The fourth-order valence-electron chi connectivity index (χ4n) is 1.66. The highest BCUT2D eigenvalue weighted by atomic mass is 16.2. The second-order valence-corrected chi connectivity index (χ2v) is 5.83. The number of nitrogens with two attached hydrogens (primary N) is 1. The smallest absolute Gasteiger partial charge is 0.237 e. The predicted octanol–water partition coefficient (Wildman–Crippen LogP) is 1.88. The first-order valence-electron chi connectivity index (χ1n) is 7.24. The minimum absolute atomic E-state index is 0.0296. The Morgan fingerprint density at radius 3 is 2.38 bits per heavy atom. The molecule has 1 rings (SSSR count). The lowest BCUT2D eigenvalue weighted by molar-refractivity contribution is -0.123. The van der Waals surface area contributed by atoms with Gasteiger partial charge in [0, 0.05) is 18.2 Å². The van der Waals surface area contributed by atoms with Crippen molar-refractivity contribution in [2.45, 2.75) is 40.3 Å². The molecule has 0 fully saturated rings. The van der Waals surface area contributed by atoms with E-state index in [1.54, 1.807) is 0 Å². The summed E-state index contributed by atoms with van der Waals surface area (Å²) in [6.45, 7) is 7.89. The average molecular weight is 291 g/mol. The van der Waals surface area contributed by atoms with Crippen molar-refractivity contribution in [1.82, 2.24) is 5.32 Å². The molecule has 1 aromatic carbocycles. The predicted molar refractivity (Wildman–Crippen MR) is 84.6 cm³/mol. The second-order valence-electron chi connectivity index (χ2n) is 5.83. The van der Waals surface area contributed by atoms with Gasteiger partial charge in [-0.3, -0.25) is 9.59 Å². The molecule has 1 unspecified atom stereocenters. The van der Waals surface area contributed by atoms with Crippen molar-refractivity contribution in [2.75, 3.05) is 5.32 Å². The summed E-state index contributed by atoms with van der Waals surface area (Å²) in [5.41, 5.74) is 7.43. The van der Waals surface area contributed by atoms with Crippen molar-refractivity contribution < 1.29 is 9.59 Å². The lowest BCUT2D eigenvalue weighted by Gasteiger charge is -2.15. The number of anilines is 1. The van der Waals surface area contributed by atoms with Crippen LogP contribution in [0.5, 0.6) is 0 Å². The molecular formula is C16H25N3O2. The first-order chi connectivity index (χ1) is 9.81. The summed E-state index contributed by atoms with van der Waals surface area (Å²) in [5, 5.41) is 5.64. The first kappa shape index (κ1) is 17.2. The number of nitrogens with one attached hydrogen (secondary N) is 2. The number of hydrogen-bond acceptors (Lipinski definition) is 3. The number of rotatable bonds is 6. The van der Waals surface area contributed by atoms with Gasteiger partial charge < -0.3 is 16.4 Å². The molecule has 116 valence electrons. The average Bonchev–Trinajstić information content (AvgIpc) is 2.44. The van der Waals surface area contributed by atoms with E-state index in [0.717, 1.165) is 11.3 Å². The zero-order chi connectivity index (χ0) is 16.0. The molecule has 5 nitrogen and oxygen atoms in total. The third-order valence-electron chi connectivity index (χ3n) is 3.21. The Bertz CT molecular complexity index is 498. The van der Waals surface area contributed by atoms with Gasteiger partial charge in [0.2, 0.25) is 11.8 Å². The maximum Gasteiger partial charge on any atom is 0.237 e. The summed E-state index contributed by atoms with van der Waals surface area (Å²) in [5.74, 6) is -0.168. The molecule has 0 aromatic heterocycles. The summed E-state index contributed by atoms with van der Waals surface area (Å²) < 4.78 is 0. The van der Waals surface area contributed by atoms with Crippen molar-refractivity contribution in [1.29, 1.82) is 0 Å². The van der Waals surface area contributed by atoms with Crippen molar-refractivity contribution in [3.8, 4) is 0 Å². The molecule has 1 atom stereocenters. The molecule has 21 heavy (non-hydrogen) atoms. The molecule has 0 saturated carbocycles. The van der Waals surface area contributed by atoms with Gasteiger partial charge in [0.05, 0.1) is 6.04 Å². The van der Waals surface area contributed by atoms with Crippen LogP contribution in [0.3, 0.4) is 0 Å². The van der Waals surface area contributed by atoms with Crippen LogP contribution in [-0.2, 0) is 16.1 Å². The van der Waals surface area contributed by atoms with Gasteiger partial charge in [0.15, 0.2) is 0 Å². The van der Waals surface area contributed by atoms with E-state index in [4.69, 9.17) is 5.73 Å². The monoisotopic (exact) mass is 291 g/mol. The molecule has 0 aliphatic rings. The van der Waals surface area contributed by atoms with Crippen molar-refractivity contribution in [3.05, 3.63) is 29.8 Å². The van der Waals surface area contributed by atoms with Crippen LogP contribution in [0.1, 0.15) is 33.3 Å². The standard InChI is InChI=1S/C16H25N3O2/c1-10(2)14(17)16(21)18-9-12-6-5-7-13(8-12)19-15(20)11(3)4/h5-8,10-11,14H,9,17H2,1-4H3,(H,18,21)(H,19,20). The highest BCUT2D eigenvalue weighted by Gasteiger charge is 2.16. The number of hydrogen-bond donors (Lipinski definition) is 3. The highest BCUT2D eigenvalue weighted by molar-refractivity contribution is 5.92. The highest BCUT2D eigenvalue weighted by Crippen LogP contribution is 2.12.